The first-order valence-electron chi connectivity index (χ1n) is 16.5. The van der Waals surface area contributed by atoms with Crippen LogP contribution in [0.2, 0.25) is 36.3 Å². The minimum atomic E-state index is -2.18. The van der Waals surface area contributed by atoms with Gasteiger partial charge in [-0.2, -0.15) is 0 Å². The summed E-state index contributed by atoms with van der Waals surface area (Å²) < 4.78 is 19.4. The molecule has 246 valence electrons. The first kappa shape index (κ1) is 39.5. The fraction of sp³-hybridized carbons (Fsp3) is 0.694. The van der Waals surface area contributed by atoms with E-state index >= 15 is 0 Å². The van der Waals surface area contributed by atoms with Crippen molar-refractivity contribution in [2.45, 2.75) is 155 Å². The van der Waals surface area contributed by atoms with Crippen LogP contribution in [0, 0.1) is 0 Å². The van der Waals surface area contributed by atoms with Crippen LogP contribution in [0.1, 0.15) is 111 Å². The van der Waals surface area contributed by atoms with E-state index in [1.165, 1.54) is 0 Å². The third-order valence-electron chi connectivity index (χ3n) is 9.09. The Morgan fingerprint density at radius 2 is 1.35 bits per heavy atom. The second kappa shape index (κ2) is 17.8. The molecule has 5 nitrogen and oxygen atoms in total. The molecule has 3 unspecified atom stereocenters. The number of hydrogen-bond donors (Lipinski definition) is 1. The van der Waals surface area contributed by atoms with Gasteiger partial charge in [0.05, 0.1) is 24.9 Å². The van der Waals surface area contributed by atoms with Gasteiger partial charge in [0.15, 0.2) is 16.6 Å². The lowest BCUT2D eigenvalue weighted by Gasteiger charge is -2.44. The molecule has 43 heavy (non-hydrogen) atoms. The Bertz CT molecular complexity index is 1020. The Kier molecular flexibility index (Phi) is 16.4. The number of ether oxygens (including phenoxy) is 1. The molecule has 0 fully saturated rings. The van der Waals surface area contributed by atoms with E-state index in [1.807, 2.05) is 31.2 Å². The van der Waals surface area contributed by atoms with Gasteiger partial charge in [0.1, 0.15) is 0 Å². The molecule has 0 aliphatic rings. The van der Waals surface area contributed by atoms with E-state index in [1.54, 1.807) is 0 Å². The van der Waals surface area contributed by atoms with E-state index in [-0.39, 0.29) is 28.3 Å². The van der Waals surface area contributed by atoms with Crippen LogP contribution in [0.25, 0.3) is 12.2 Å². The van der Waals surface area contributed by atoms with Crippen LogP contribution in [-0.4, -0.2) is 52.6 Å². The maximum atomic E-state index is 12.2. The fourth-order valence-electron chi connectivity index (χ4n) is 4.21. The van der Waals surface area contributed by atoms with Crippen LogP contribution in [0.5, 0.6) is 0 Å². The number of aliphatic hydroxyl groups is 1. The first-order valence-corrected chi connectivity index (χ1v) is 22.3. The van der Waals surface area contributed by atoms with Crippen LogP contribution in [0.3, 0.4) is 0 Å². The third-order valence-corrected chi connectivity index (χ3v) is 18.1. The molecule has 1 rings (SSSR count). The topological polar surface area (TPSA) is 65.0 Å². The predicted molar refractivity (Wildman–Crippen MR) is 189 cm³/mol. The monoisotopic (exact) mass is 632 g/mol. The quantitative estimate of drug-likeness (QED) is 0.0991. The van der Waals surface area contributed by atoms with Crippen molar-refractivity contribution >= 4 is 34.8 Å². The number of aliphatic hydroxyl groups excluding tert-OH is 1. The van der Waals surface area contributed by atoms with Crippen molar-refractivity contribution in [3.05, 3.63) is 47.5 Å². The summed E-state index contributed by atoms with van der Waals surface area (Å²) in [6.07, 6.45) is 13.2. The van der Waals surface area contributed by atoms with Gasteiger partial charge in [-0.15, -0.1) is 0 Å². The molecule has 1 N–H and O–H groups in total. The van der Waals surface area contributed by atoms with E-state index < -0.39 is 22.7 Å². The van der Waals surface area contributed by atoms with Crippen molar-refractivity contribution in [3.8, 4) is 0 Å². The molecule has 1 aromatic carbocycles. The highest BCUT2D eigenvalue weighted by Crippen LogP contribution is 2.41. The van der Waals surface area contributed by atoms with Gasteiger partial charge in [0.2, 0.25) is 0 Å². The average Bonchev–Trinajstić information content (AvgIpc) is 2.88. The number of benzene rings is 1. The fourth-order valence-corrected chi connectivity index (χ4v) is 6.84. The van der Waals surface area contributed by atoms with Gasteiger partial charge < -0.3 is 18.7 Å². The standard InChI is InChI=1S/C36H64O5Si2/c1-13-15-16-22-31(37)27-25-29-20-17-18-21-30(29)26-28-33(41-43(11,12)36(6,7)8)32(23-19-24-34(38)39-14-2)40-42(9,10)35(3,4)5/h17-18,20-21,25-28,31-33,37H,13-16,19,22-24H2,1-12H3/b27-25+,28-26+. The molecular weight excluding hydrogens is 569 g/mol. The molecular formula is C36H64O5Si2. The second-order valence-electron chi connectivity index (χ2n) is 14.9. The molecule has 7 heteroatoms. The van der Waals surface area contributed by atoms with Gasteiger partial charge in [-0.3, -0.25) is 4.79 Å². The molecule has 0 aromatic heterocycles. The van der Waals surface area contributed by atoms with Crippen molar-refractivity contribution in [2.75, 3.05) is 6.61 Å². The van der Waals surface area contributed by atoms with Crippen LogP contribution in [-0.2, 0) is 18.4 Å². The first-order chi connectivity index (χ1) is 19.8. The number of hydrogen-bond acceptors (Lipinski definition) is 5. The smallest absolute Gasteiger partial charge is 0.305 e. The molecule has 0 aliphatic carbocycles. The summed E-state index contributed by atoms with van der Waals surface area (Å²) in [4.78, 5) is 12.2. The summed E-state index contributed by atoms with van der Waals surface area (Å²) in [5, 5.41) is 10.5. The number of carbonyl (C=O) groups excluding carboxylic acids is 1. The van der Waals surface area contributed by atoms with Gasteiger partial charge in [0.25, 0.3) is 0 Å². The number of esters is 1. The Morgan fingerprint density at radius 3 is 1.86 bits per heavy atom. The normalized spacial score (nSPS) is 15.7. The Balaban J connectivity index is 3.48. The van der Waals surface area contributed by atoms with Gasteiger partial charge in [-0.1, -0.05) is 116 Å². The molecule has 0 amide bonds. The van der Waals surface area contributed by atoms with E-state index in [0.717, 1.165) is 36.8 Å². The van der Waals surface area contributed by atoms with Crippen LogP contribution in [0.15, 0.2) is 36.4 Å². The minimum Gasteiger partial charge on any atom is -0.466 e. The Hall–Kier alpha value is -1.52. The zero-order valence-electron chi connectivity index (χ0n) is 29.6. The lowest BCUT2D eigenvalue weighted by Crippen LogP contribution is -2.51. The average molecular weight is 633 g/mol. The van der Waals surface area contributed by atoms with Crippen molar-refractivity contribution in [3.63, 3.8) is 0 Å². The summed E-state index contributed by atoms with van der Waals surface area (Å²) in [6.45, 7) is 27.1. The van der Waals surface area contributed by atoms with E-state index in [0.29, 0.717) is 25.9 Å². The van der Waals surface area contributed by atoms with Crippen molar-refractivity contribution in [2.24, 2.45) is 0 Å². The predicted octanol–water partition coefficient (Wildman–Crippen LogP) is 10.2. The zero-order chi connectivity index (χ0) is 32.9. The largest absolute Gasteiger partial charge is 0.466 e. The highest BCUT2D eigenvalue weighted by atomic mass is 28.4. The maximum Gasteiger partial charge on any atom is 0.305 e. The highest BCUT2D eigenvalue weighted by molar-refractivity contribution is 6.74. The summed E-state index contributed by atoms with van der Waals surface area (Å²) in [5.41, 5.74) is 2.13. The molecule has 0 heterocycles. The number of carbonyl (C=O) groups is 1. The van der Waals surface area contributed by atoms with Crippen molar-refractivity contribution < 1.29 is 23.5 Å². The number of unbranched alkanes of at least 4 members (excludes halogenated alkanes) is 2. The SMILES string of the molecule is CCCCCC(O)/C=C/c1ccccc1/C=C/C(O[Si](C)(C)C(C)(C)C)C(CCCC(=O)OCC)O[Si](C)(C)C(C)(C)C. The third kappa shape index (κ3) is 14.0. The number of rotatable bonds is 18. The van der Waals surface area contributed by atoms with Crippen LogP contribution < -0.4 is 0 Å². The van der Waals surface area contributed by atoms with Gasteiger partial charge in [-0.05, 0) is 73.6 Å². The molecule has 0 saturated carbocycles. The van der Waals surface area contributed by atoms with Gasteiger partial charge in [-0.25, -0.2) is 0 Å². The van der Waals surface area contributed by atoms with E-state index in [2.05, 4.69) is 98.9 Å². The molecule has 0 saturated heterocycles. The molecule has 0 bridgehead atoms. The summed E-state index contributed by atoms with van der Waals surface area (Å²) in [6, 6.07) is 8.26. The van der Waals surface area contributed by atoms with Crippen molar-refractivity contribution in [1.82, 2.24) is 0 Å². The van der Waals surface area contributed by atoms with Crippen molar-refractivity contribution in [1.29, 1.82) is 0 Å². The van der Waals surface area contributed by atoms with Crippen LogP contribution >= 0.6 is 0 Å². The molecule has 3 atom stereocenters. The van der Waals surface area contributed by atoms with E-state index in [4.69, 9.17) is 13.6 Å². The molecule has 1 aromatic rings. The lowest BCUT2D eigenvalue weighted by molar-refractivity contribution is -0.143. The maximum absolute atomic E-state index is 12.2. The Labute approximate surface area is 266 Å². The summed E-state index contributed by atoms with van der Waals surface area (Å²) >= 11 is 0. The zero-order valence-corrected chi connectivity index (χ0v) is 31.6. The van der Waals surface area contributed by atoms with Gasteiger partial charge in [0, 0.05) is 6.42 Å². The molecule has 0 radical (unpaired) electrons. The lowest BCUT2D eigenvalue weighted by atomic mass is 10.0. The highest BCUT2D eigenvalue weighted by Gasteiger charge is 2.44. The molecule has 0 aliphatic heterocycles. The second-order valence-corrected chi connectivity index (χ2v) is 24.4. The Morgan fingerprint density at radius 1 is 0.814 bits per heavy atom. The summed E-state index contributed by atoms with van der Waals surface area (Å²) in [5.74, 6) is -0.163. The summed E-state index contributed by atoms with van der Waals surface area (Å²) in [7, 11) is -4.33. The van der Waals surface area contributed by atoms with E-state index in [9.17, 15) is 9.90 Å². The molecule has 0 spiro atoms. The van der Waals surface area contributed by atoms with Gasteiger partial charge >= 0.3 is 5.97 Å². The minimum absolute atomic E-state index is 0.0279. The van der Waals surface area contributed by atoms with Crippen LogP contribution in [0.4, 0.5) is 0 Å².